The van der Waals surface area contributed by atoms with Crippen molar-refractivity contribution in [3.05, 3.63) is 0 Å². The summed E-state index contributed by atoms with van der Waals surface area (Å²) in [4.78, 5) is 13.4. The quantitative estimate of drug-likeness (QED) is 0.841. The lowest BCUT2D eigenvalue weighted by Crippen LogP contribution is -2.50. The van der Waals surface area contributed by atoms with E-state index in [2.05, 4.69) is 0 Å². The molecule has 0 aliphatic heterocycles. The van der Waals surface area contributed by atoms with Gasteiger partial charge in [-0.3, -0.25) is 0 Å². The summed E-state index contributed by atoms with van der Waals surface area (Å²) < 4.78 is 41.3. The van der Waals surface area contributed by atoms with Gasteiger partial charge in [0.15, 0.2) is 0 Å². The molecule has 0 bridgehead atoms. The molecule has 0 aromatic heterocycles. The maximum atomic E-state index is 12.1. The van der Waals surface area contributed by atoms with E-state index in [1.165, 1.54) is 12.0 Å². The lowest BCUT2D eigenvalue weighted by atomic mass is 10.1. The molecule has 0 spiro atoms. The molecular weight excluding hydrogens is 261 g/mol. The molecule has 2 amide bonds. The number of alkyl halides is 3. The van der Waals surface area contributed by atoms with Crippen LogP contribution in [0.2, 0.25) is 0 Å². The second kappa shape index (κ2) is 6.98. The minimum absolute atomic E-state index is 0.00313. The van der Waals surface area contributed by atoms with Gasteiger partial charge in [0.1, 0.15) is 6.54 Å². The predicted molar refractivity (Wildman–Crippen MR) is 64.8 cm³/mol. The molecular formula is C12H21F3N2O2. The zero-order valence-corrected chi connectivity index (χ0v) is 11.3. The predicted octanol–water partition coefficient (Wildman–Crippen LogP) is 2.40. The van der Waals surface area contributed by atoms with Crippen LogP contribution in [0.15, 0.2) is 0 Å². The fourth-order valence-electron chi connectivity index (χ4n) is 2.47. The van der Waals surface area contributed by atoms with Crippen LogP contribution in [0.3, 0.4) is 0 Å². The van der Waals surface area contributed by atoms with Gasteiger partial charge >= 0.3 is 12.2 Å². The van der Waals surface area contributed by atoms with E-state index in [1.54, 1.807) is 0 Å². The Morgan fingerprint density at radius 1 is 1.42 bits per heavy atom. The van der Waals surface area contributed by atoms with E-state index in [-0.39, 0.29) is 6.04 Å². The highest BCUT2D eigenvalue weighted by atomic mass is 19.4. The first kappa shape index (κ1) is 16.1. The highest BCUT2D eigenvalue weighted by Crippen LogP contribution is 2.29. The summed E-state index contributed by atoms with van der Waals surface area (Å²) in [5, 5.41) is 1.94. The number of carbonyl (C=O) groups excluding carboxylic acids is 1. The summed E-state index contributed by atoms with van der Waals surface area (Å²) in [6.07, 6.45) is -1.54. The molecule has 0 saturated heterocycles. The van der Waals surface area contributed by atoms with Gasteiger partial charge in [0.2, 0.25) is 0 Å². The summed E-state index contributed by atoms with van der Waals surface area (Å²) in [6, 6.07) is -0.656. The van der Waals surface area contributed by atoms with Crippen molar-refractivity contribution in [3.63, 3.8) is 0 Å². The summed E-state index contributed by atoms with van der Waals surface area (Å²) in [7, 11) is 1.50. The van der Waals surface area contributed by atoms with E-state index in [0.29, 0.717) is 19.1 Å². The van der Waals surface area contributed by atoms with Gasteiger partial charge in [0.05, 0.1) is 6.61 Å². The number of ether oxygens (including phenoxy) is 1. The van der Waals surface area contributed by atoms with Crippen molar-refractivity contribution in [2.75, 3.05) is 26.8 Å². The number of nitrogens with one attached hydrogen (secondary N) is 1. The number of halogens is 3. The first-order valence-electron chi connectivity index (χ1n) is 6.45. The third-order valence-electron chi connectivity index (χ3n) is 3.45. The van der Waals surface area contributed by atoms with Gasteiger partial charge in [0.25, 0.3) is 0 Å². The molecule has 2 atom stereocenters. The summed E-state index contributed by atoms with van der Waals surface area (Å²) >= 11 is 0. The van der Waals surface area contributed by atoms with Gasteiger partial charge in [-0.25, -0.2) is 4.79 Å². The van der Waals surface area contributed by atoms with Crippen molar-refractivity contribution >= 4 is 6.03 Å². The molecule has 0 heterocycles. The monoisotopic (exact) mass is 282 g/mol. The minimum atomic E-state index is -4.39. The molecule has 1 aliphatic carbocycles. The Bertz CT molecular complexity index is 297. The maximum absolute atomic E-state index is 12.1. The van der Waals surface area contributed by atoms with E-state index in [4.69, 9.17) is 4.74 Å². The smallest absolute Gasteiger partial charge is 0.383 e. The SMILES string of the molecule is COCCN(C(=O)NCC(F)(F)F)[C@H]1CCC[C@@H]1C. The Kier molecular flexibility index (Phi) is 5.90. The van der Waals surface area contributed by atoms with Crippen LogP contribution in [-0.4, -0.2) is 50.0 Å². The Hall–Kier alpha value is -0.980. The van der Waals surface area contributed by atoms with Gasteiger partial charge in [-0.15, -0.1) is 0 Å². The number of urea groups is 1. The second-order valence-electron chi connectivity index (χ2n) is 4.94. The molecule has 1 fully saturated rings. The van der Waals surface area contributed by atoms with Crippen LogP contribution in [0.25, 0.3) is 0 Å². The van der Waals surface area contributed by atoms with E-state index in [0.717, 1.165) is 19.3 Å². The van der Waals surface area contributed by atoms with Crippen molar-refractivity contribution in [2.45, 2.75) is 38.4 Å². The molecule has 7 heteroatoms. The maximum Gasteiger partial charge on any atom is 0.405 e. The molecule has 1 aliphatic rings. The molecule has 1 N–H and O–H groups in total. The van der Waals surface area contributed by atoms with Gasteiger partial charge in [-0.1, -0.05) is 13.3 Å². The van der Waals surface area contributed by atoms with Crippen molar-refractivity contribution in [1.29, 1.82) is 0 Å². The zero-order chi connectivity index (χ0) is 14.5. The Balaban J connectivity index is 2.59. The van der Waals surface area contributed by atoms with Gasteiger partial charge in [-0.2, -0.15) is 13.2 Å². The van der Waals surface area contributed by atoms with Crippen LogP contribution < -0.4 is 5.32 Å². The number of rotatable bonds is 5. The standard InChI is InChI=1S/C12H21F3N2O2/c1-9-4-3-5-10(9)17(6-7-19-2)11(18)16-8-12(13,14)15/h9-10H,3-8H2,1-2H3,(H,16,18)/t9-,10-/m0/s1. The second-order valence-corrected chi connectivity index (χ2v) is 4.94. The van der Waals surface area contributed by atoms with Gasteiger partial charge in [0, 0.05) is 19.7 Å². The van der Waals surface area contributed by atoms with E-state index >= 15 is 0 Å². The average molecular weight is 282 g/mol. The molecule has 0 aromatic carbocycles. The third-order valence-corrected chi connectivity index (χ3v) is 3.45. The van der Waals surface area contributed by atoms with E-state index < -0.39 is 18.8 Å². The van der Waals surface area contributed by atoms with Crippen LogP contribution in [0.5, 0.6) is 0 Å². The van der Waals surface area contributed by atoms with Crippen molar-refractivity contribution in [1.82, 2.24) is 10.2 Å². The first-order chi connectivity index (χ1) is 8.85. The molecule has 0 radical (unpaired) electrons. The van der Waals surface area contributed by atoms with Crippen molar-refractivity contribution < 1.29 is 22.7 Å². The fraction of sp³-hybridized carbons (Fsp3) is 0.917. The van der Waals surface area contributed by atoms with Crippen LogP contribution in [0.1, 0.15) is 26.2 Å². The van der Waals surface area contributed by atoms with Gasteiger partial charge in [-0.05, 0) is 18.8 Å². The lowest BCUT2D eigenvalue weighted by Gasteiger charge is -2.32. The molecule has 0 unspecified atom stereocenters. The first-order valence-corrected chi connectivity index (χ1v) is 6.45. The number of hydrogen-bond donors (Lipinski definition) is 1. The number of methoxy groups -OCH3 is 1. The Morgan fingerprint density at radius 2 is 2.11 bits per heavy atom. The summed E-state index contributed by atoms with van der Waals surface area (Å²) in [5.41, 5.74) is 0. The number of nitrogens with zero attached hydrogens (tertiary/aromatic N) is 1. The highest BCUT2D eigenvalue weighted by molar-refractivity contribution is 5.74. The Morgan fingerprint density at radius 3 is 2.58 bits per heavy atom. The lowest BCUT2D eigenvalue weighted by molar-refractivity contribution is -0.123. The normalized spacial score (nSPS) is 23.4. The minimum Gasteiger partial charge on any atom is -0.383 e. The van der Waals surface area contributed by atoms with Crippen LogP contribution >= 0.6 is 0 Å². The summed E-state index contributed by atoms with van der Waals surface area (Å²) in [5.74, 6) is 0.313. The third kappa shape index (κ3) is 5.26. The van der Waals surface area contributed by atoms with E-state index in [9.17, 15) is 18.0 Å². The Labute approximate surface area is 111 Å². The fourth-order valence-corrected chi connectivity index (χ4v) is 2.47. The molecule has 0 aromatic rings. The molecule has 112 valence electrons. The van der Waals surface area contributed by atoms with Gasteiger partial charge < -0.3 is 15.0 Å². The van der Waals surface area contributed by atoms with Crippen LogP contribution in [-0.2, 0) is 4.74 Å². The molecule has 19 heavy (non-hydrogen) atoms. The van der Waals surface area contributed by atoms with Crippen molar-refractivity contribution in [2.24, 2.45) is 5.92 Å². The largest absolute Gasteiger partial charge is 0.405 e. The molecule has 1 saturated carbocycles. The number of amides is 2. The zero-order valence-electron chi connectivity index (χ0n) is 11.3. The number of carbonyl (C=O) groups is 1. The topological polar surface area (TPSA) is 41.6 Å². The molecule has 1 rings (SSSR count). The van der Waals surface area contributed by atoms with Crippen LogP contribution in [0.4, 0.5) is 18.0 Å². The van der Waals surface area contributed by atoms with Crippen molar-refractivity contribution in [3.8, 4) is 0 Å². The molecule has 4 nitrogen and oxygen atoms in total. The summed E-state index contributed by atoms with van der Waals surface area (Å²) in [6.45, 7) is 1.36. The average Bonchev–Trinajstić information content (AvgIpc) is 2.73. The van der Waals surface area contributed by atoms with Crippen LogP contribution in [0, 0.1) is 5.92 Å². The highest BCUT2D eigenvalue weighted by Gasteiger charge is 2.34. The van der Waals surface area contributed by atoms with E-state index in [1.807, 2.05) is 12.2 Å². The number of hydrogen-bond acceptors (Lipinski definition) is 2.